The zero-order valence-corrected chi connectivity index (χ0v) is 9.72. The minimum Gasteiger partial charge on any atom is -0.382 e. The fourth-order valence-electron chi connectivity index (χ4n) is 1.60. The lowest BCUT2D eigenvalue weighted by molar-refractivity contribution is 0.142. The van der Waals surface area contributed by atoms with Crippen LogP contribution in [0, 0.1) is 5.92 Å². The van der Waals surface area contributed by atoms with Gasteiger partial charge in [0.2, 0.25) is 0 Å². The van der Waals surface area contributed by atoms with E-state index in [1.54, 1.807) is 0 Å². The molecule has 0 saturated heterocycles. The summed E-state index contributed by atoms with van der Waals surface area (Å²) in [5.74, 6) is 0.831. The summed E-state index contributed by atoms with van der Waals surface area (Å²) in [7, 11) is 0. The van der Waals surface area contributed by atoms with Gasteiger partial charge >= 0.3 is 0 Å². The molecule has 0 bridgehead atoms. The molecule has 14 heavy (non-hydrogen) atoms. The normalized spacial score (nSPS) is 18.4. The van der Waals surface area contributed by atoms with Crippen molar-refractivity contribution >= 4 is 0 Å². The molecule has 1 unspecified atom stereocenters. The fraction of sp³-hybridized carbons (Fsp3) is 1.00. The first-order valence-corrected chi connectivity index (χ1v) is 6.14. The zero-order chi connectivity index (χ0) is 10.2. The van der Waals surface area contributed by atoms with Crippen LogP contribution < -0.4 is 5.32 Å². The lowest BCUT2D eigenvalue weighted by Gasteiger charge is -2.11. The average Bonchev–Trinajstić information content (AvgIpc) is 2.98. The van der Waals surface area contributed by atoms with E-state index in [9.17, 15) is 0 Å². The Bertz CT molecular complexity index is 134. The summed E-state index contributed by atoms with van der Waals surface area (Å²) in [5, 5.41) is 3.58. The van der Waals surface area contributed by atoms with Crippen molar-refractivity contribution in [3.63, 3.8) is 0 Å². The summed E-state index contributed by atoms with van der Waals surface area (Å²) in [6.07, 6.45) is 6.68. The van der Waals surface area contributed by atoms with Crippen molar-refractivity contribution in [1.82, 2.24) is 5.32 Å². The summed E-state index contributed by atoms with van der Waals surface area (Å²) in [4.78, 5) is 0. The highest BCUT2D eigenvalue weighted by Gasteiger charge is 2.20. The van der Waals surface area contributed by atoms with Crippen LogP contribution in [0.4, 0.5) is 0 Å². The van der Waals surface area contributed by atoms with Crippen LogP contribution in [0.25, 0.3) is 0 Å². The molecule has 1 fully saturated rings. The molecular weight excluding hydrogens is 174 g/mol. The van der Waals surface area contributed by atoms with E-state index < -0.39 is 0 Å². The Kier molecular flexibility index (Phi) is 6.20. The molecule has 0 radical (unpaired) electrons. The maximum Gasteiger partial charge on any atom is 0.0465 e. The Labute approximate surface area is 88.4 Å². The van der Waals surface area contributed by atoms with Crippen molar-refractivity contribution in [3.8, 4) is 0 Å². The fourth-order valence-corrected chi connectivity index (χ4v) is 1.60. The number of hydrogen-bond acceptors (Lipinski definition) is 2. The van der Waals surface area contributed by atoms with Crippen molar-refractivity contribution in [2.45, 2.75) is 52.0 Å². The van der Waals surface area contributed by atoms with Crippen molar-refractivity contribution in [1.29, 1.82) is 0 Å². The van der Waals surface area contributed by atoms with Crippen LogP contribution in [-0.4, -0.2) is 25.8 Å². The van der Waals surface area contributed by atoms with E-state index in [4.69, 9.17) is 4.74 Å². The quantitative estimate of drug-likeness (QED) is 0.576. The van der Waals surface area contributed by atoms with E-state index in [0.717, 1.165) is 25.2 Å². The Hall–Kier alpha value is -0.0800. The van der Waals surface area contributed by atoms with Crippen LogP contribution in [0.2, 0.25) is 0 Å². The Balaban J connectivity index is 1.79. The third-order valence-electron chi connectivity index (χ3n) is 2.77. The number of hydrogen-bond donors (Lipinski definition) is 1. The molecule has 0 spiro atoms. The smallest absolute Gasteiger partial charge is 0.0465 e. The Morgan fingerprint density at radius 3 is 2.79 bits per heavy atom. The van der Waals surface area contributed by atoms with Gasteiger partial charge < -0.3 is 10.1 Å². The predicted molar refractivity (Wildman–Crippen MR) is 60.5 cm³/mol. The van der Waals surface area contributed by atoms with E-state index in [1.165, 1.54) is 38.6 Å². The molecule has 0 aromatic carbocycles. The van der Waals surface area contributed by atoms with E-state index in [-0.39, 0.29) is 0 Å². The first-order valence-electron chi connectivity index (χ1n) is 6.14. The molecular formula is C12H25NO. The van der Waals surface area contributed by atoms with E-state index in [0.29, 0.717) is 0 Å². The monoisotopic (exact) mass is 199 g/mol. The molecule has 0 heterocycles. The second kappa shape index (κ2) is 7.24. The van der Waals surface area contributed by atoms with Gasteiger partial charge in [0, 0.05) is 19.3 Å². The highest BCUT2D eigenvalue weighted by molar-refractivity contribution is 4.81. The molecule has 0 amide bonds. The number of rotatable bonds is 9. The second-order valence-electron chi connectivity index (χ2n) is 4.48. The molecule has 1 aliphatic carbocycles. The molecule has 0 aromatic heterocycles. The molecule has 2 nitrogen and oxygen atoms in total. The Morgan fingerprint density at radius 2 is 2.14 bits per heavy atom. The maximum absolute atomic E-state index is 5.31. The van der Waals surface area contributed by atoms with Gasteiger partial charge in [-0.2, -0.15) is 0 Å². The van der Waals surface area contributed by atoms with Crippen LogP contribution in [0.1, 0.15) is 46.0 Å². The molecule has 1 aliphatic rings. The molecule has 2 heteroatoms. The van der Waals surface area contributed by atoms with Gasteiger partial charge in [0.15, 0.2) is 0 Å². The van der Waals surface area contributed by atoms with E-state index in [1.807, 2.05) is 0 Å². The van der Waals surface area contributed by atoms with Crippen LogP contribution >= 0.6 is 0 Å². The summed E-state index contributed by atoms with van der Waals surface area (Å²) in [6, 6.07) is 0.862. The first kappa shape index (κ1) is 12.0. The van der Waals surface area contributed by atoms with Gasteiger partial charge in [0.25, 0.3) is 0 Å². The van der Waals surface area contributed by atoms with Crippen LogP contribution in [0.5, 0.6) is 0 Å². The van der Waals surface area contributed by atoms with Gasteiger partial charge in [-0.15, -0.1) is 0 Å². The van der Waals surface area contributed by atoms with E-state index in [2.05, 4.69) is 19.2 Å². The summed E-state index contributed by atoms with van der Waals surface area (Å²) in [5.41, 5.74) is 0. The van der Waals surface area contributed by atoms with Crippen LogP contribution in [0.15, 0.2) is 0 Å². The molecule has 1 saturated carbocycles. The van der Waals surface area contributed by atoms with Gasteiger partial charge in [-0.1, -0.05) is 13.3 Å². The summed E-state index contributed by atoms with van der Waals surface area (Å²) in [6.45, 7) is 7.41. The summed E-state index contributed by atoms with van der Waals surface area (Å²) < 4.78 is 5.31. The number of unbranched alkanes of at least 4 members (excludes halogenated alkanes) is 1. The average molecular weight is 199 g/mol. The second-order valence-corrected chi connectivity index (χ2v) is 4.48. The standard InChI is InChI=1S/C12H25NO/c1-3-14-9-5-4-6-11(2)10-13-12-7-8-12/h11-13H,3-10H2,1-2H3. The maximum atomic E-state index is 5.31. The van der Waals surface area contributed by atoms with E-state index >= 15 is 0 Å². The van der Waals surface area contributed by atoms with Gasteiger partial charge in [0.1, 0.15) is 0 Å². The minimum atomic E-state index is 0.831. The highest BCUT2D eigenvalue weighted by atomic mass is 16.5. The highest BCUT2D eigenvalue weighted by Crippen LogP contribution is 2.19. The first-order chi connectivity index (χ1) is 6.83. The van der Waals surface area contributed by atoms with Crippen LogP contribution in [-0.2, 0) is 4.74 Å². The van der Waals surface area contributed by atoms with Gasteiger partial charge in [-0.3, -0.25) is 0 Å². The molecule has 1 atom stereocenters. The lowest BCUT2D eigenvalue weighted by atomic mass is 10.0. The third-order valence-corrected chi connectivity index (χ3v) is 2.77. The Morgan fingerprint density at radius 1 is 1.36 bits per heavy atom. The topological polar surface area (TPSA) is 21.3 Å². The van der Waals surface area contributed by atoms with Crippen LogP contribution in [0.3, 0.4) is 0 Å². The molecule has 0 aromatic rings. The minimum absolute atomic E-state index is 0.831. The molecule has 84 valence electrons. The molecule has 1 rings (SSSR count). The SMILES string of the molecule is CCOCCCCC(C)CNC1CC1. The van der Waals surface area contributed by atoms with Gasteiger partial charge in [0.05, 0.1) is 0 Å². The lowest BCUT2D eigenvalue weighted by Crippen LogP contribution is -2.23. The van der Waals surface area contributed by atoms with Gasteiger partial charge in [-0.05, 0) is 45.1 Å². The molecule has 0 aliphatic heterocycles. The van der Waals surface area contributed by atoms with Gasteiger partial charge in [-0.25, -0.2) is 0 Å². The van der Waals surface area contributed by atoms with Crippen molar-refractivity contribution < 1.29 is 4.74 Å². The predicted octanol–water partition coefficient (Wildman–Crippen LogP) is 2.58. The zero-order valence-electron chi connectivity index (χ0n) is 9.72. The van der Waals surface area contributed by atoms with Crippen molar-refractivity contribution in [3.05, 3.63) is 0 Å². The third kappa shape index (κ3) is 6.39. The van der Waals surface area contributed by atoms with Crippen molar-refractivity contribution in [2.75, 3.05) is 19.8 Å². The van der Waals surface area contributed by atoms with Crippen molar-refractivity contribution in [2.24, 2.45) is 5.92 Å². The number of ether oxygens (including phenoxy) is 1. The summed E-state index contributed by atoms with van der Waals surface area (Å²) >= 11 is 0. The molecule has 1 N–H and O–H groups in total. The largest absolute Gasteiger partial charge is 0.382 e. The number of nitrogens with one attached hydrogen (secondary N) is 1.